The summed E-state index contributed by atoms with van der Waals surface area (Å²) in [5, 5.41) is 3.37. The molecule has 0 aliphatic heterocycles. The van der Waals surface area contributed by atoms with Crippen LogP contribution in [0.5, 0.6) is 0 Å². The van der Waals surface area contributed by atoms with E-state index in [9.17, 15) is 14.4 Å². The highest BCUT2D eigenvalue weighted by molar-refractivity contribution is 7.12. The zero-order chi connectivity index (χ0) is 20.0. The molecular weight excluding hydrogens is 386 g/mol. The number of ketones is 1. The lowest BCUT2D eigenvalue weighted by Gasteiger charge is -2.14. The van der Waals surface area contributed by atoms with Crippen molar-refractivity contribution in [2.45, 2.75) is 39.7 Å². The molecule has 0 saturated carbocycles. The molecule has 7 heteroatoms. The number of halogens is 1. The number of rotatable bonds is 8. The van der Waals surface area contributed by atoms with Gasteiger partial charge >= 0.3 is 5.97 Å². The minimum absolute atomic E-state index is 0.0484. The summed E-state index contributed by atoms with van der Waals surface area (Å²) in [6.07, 6.45) is 0.0197. The van der Waals surface area contributed by atoms with Gasteiger partial charge < -0.3 is 10.1 Å². The van der Waals surface area contributed by atoms with Crippen molar-refractivity contribution in [3.05, 3.63) is 56.2 Å². The highest BCUT2D eigenvalue weighted by atomic mass is 35.5. The summed E-state index contributed by atoms with van der Waals surface area (Å²) in [6, 6.07) is 8.72. The van der Waals surface area contributed by atoms with Gasteiger partial charge in [-0.2, -0.15) is 0 Å². The van der Waals surface area contributed by atoms with Crippen LogP contribution in [0.4, 0.5) is 0 Å². The first-order chi connectivity index (χ1) is 12.8. The van der Waals surface area contributed by atoms with Gasteiger partial charge in [-0.1, -0.05) is 23.7 Å². The monoisotopic (exact) mass is 407 g/mol. The maximum absolute atomic E-state index is 12.2. The number of esters is 1. The molecule has 0 bridgehead atoms. The second kappa shape index (κ2) is 9.67. The van der Waals surface area contributed by atoms with Crippen molar-refractivity contribution < 1.29 is 19.1 Å². The zero-order valence-electron chi connectivity index (χ0n) is 15.5. The summed E-state index contributed by atoms with van der Waals surface area (Å²) in [5.41, 5.74) is 1.55. The van der Waals surface area contributed by atoms with E-state index in [0.29, 0.717) is 10.6 Å². The number of nitrogens with one attached hydrogen (secondary N) is 1. The average molecular weight is 408 g/mol. The molecule has 1 amide bonds. The molecule has 2 aromatic rings. The van der Waals surface area contributed by atoms with E-state index in [0.717, 1.165) is 15.3 Å². The van der Waals surface area contributed by atoms with Gasteiger partial charge in [0, 0.05) is 26.8 Å². The smallest absolute Gasteiger partial charge is 0.306 e. The molecule has 1 aromatic heterocycles. The third kappa shape index (κ3) is 6.48. The van der Waals surface area contributed by atoms with E-state index in [-0.39, 0.29) is 31.3 Å². The molecule has 1 atom stereocenters. The third-order valence-electron chi connectivity index (χ3n) is 4.01. The summed E-state index contributed by atoms with van der Waals surface area (Å²) in [4.78, 5) is 37.9. The lowest BCUT2D eigenvalue weighted by atomic mass is 10.1. The second-order valence-electron chi connectivity index (χ2n) is 6.25. The van der Waals surface area contributed by atoms with E-state index < -0.39 is 11.9 Å². The fourth-order valence-corrected chi connectivity index (χ4v) is 3.66. The van der Waals surface area contributed by atoms with Crippen LogP contribution in [-0.4, -0.2) is 24.3 Å². The van der Waals surface area contributed by atoms with Crippen molar-refractivity contribution in [3.8, 4) is 0 Å². The van der Waals surface area contributed by atoms with Crippen LogP contribution in [0.3, 0.4) is 0 Å². The lowest BCUT2D eigenvalue weighted by Crippen LogP contribution is -2.31. The Morgan fingerprint density at radius 2 is 1.81 bits per heavy atom. The van der Waals surface area contributed by atoms with Gasteiger partial charge in [0.05, 0.1) is 12.5 Å². The topological polar surface area (TPSA) is 72.5 Å². The molecular formula is C20H22ClNO4S. The average Bonchev–Trinajstić information content (AvgIpc) is 2.96. The summed E-state index contributed by atoms with van der Waals surface area (Å²) in [7, 11) is 0. The van der Waals surface area contributed by atoms with Crippen LogP contribution in [0, 0.1) is 13.8 Å². The van der Waals surface area contributed by atoms with Gasteiger partial charge in [0.1, 0.15) is 0 Å². The minimum atomic E-state index is -0.567. The Hall–Kier alpha value is -2.18. The third-order valence-corrected chi connectivity index (χ3v) is 5.23. The van der Waals surface area contributed by atoms with Crippen LogP contribution < -0.4 is 5.32 Å². The molecule has 1 unspecified atom stereocenters. The Labute approximate surface area is 167 Å². The Morgan fingerprint density at radius 1 is 1.15 bits per heavy atom. The van der Waals surface area contributed by atoms with Crippen LogP contribution in [0.1, 0.15) is 51.5 Å². The Balaban J connectivity index is 1.73. The number of aryl methyl sites for hydroxylation is 2. The van der Waals surface area contributed by atoms with Crippen molar-refractivity contribution >= 4 is 40.6 Å². The number of amides is 1. The molecule has 1 heterocycles. The quantitative estimate of drug-likeness (QED) is 0.520. The van der Waals surface area contributed by atoms with E-state index in [4.69, 9.17) is 16.3 Å². The fourth-order valence-electron chi connectivity index (χ4n) is 2.59. The highest BCUT2D eigenvalue weighted by Gasteiger charge is 2.16. The number of thiophene rings is 1. The predicted octanol–water partition coefficient (Wildman–Crippen LogP) is 4.40. The molecule has 1 aromatic carbocycles. The van der Waals surface area contributed by atoms with Gasteiger partial charge in [-0.05, 0) is 44.5 Å². The number of carbonyl (C=O) groups excluding carboxylic acids is 3. The minimum Gasteiger partial charge on any atom is -0.456 e. The summed E-state index contributed by atoms with van der Waals surface area (Å²) in [6.45, 7) is 5.27. The molecule has 0 fully saturated rings. The Morgan fingerprint density at radius 3 is 2.41 bits per heavy atom. The number of hydrogen-bond donors (Lipinski definition) is 1. The van der Waals surface area contributed by atoms with Crippen molar-refractivity contribution in [3.63, 3.8) is 0 Å². The van der Waals surface area contributed by atoms with Crippen LogP contribution in [-0.2, 0) is 14.3 Å². The zero-order valence-corrected chi connectivity index (χ0v) is 17.1. The molecule has 1 N–H and O–H groups in total. The van der Waals surface area contributed by atoms with Crippen LogP contribution in [0.15, 0.2) is 30.3 Å². The molecule has 2 rings (SSSR count). The molecule has 0 aliphatic rings. The first-order valence-corrected chi connectivity index (χ1v) is 9.76. The first-order valence-electron chi connectivity index (χ1n) is 8.57. The van der Waals surface area contributed by atoms with E-state index in [1.54, 1.807) is 23.5 Å². The van der Waals surface area contributed by atoms with Crippen LogP contribution >= 0.6 is 22.9 Å². The highest BCUT2D eigenvalue weighted by Crippen LogP contribution is 2.22. The van der Waals surface area contributed by atoms with Crippen LogP contribution in [0.2, 0.25) is 5.02 Å². The van der Waals surface area contributed by atoms with Gasteiger partial charge in [-0.25, -0.2) is 0 Å². The van der Waals surface area contributed by atoms with Crippen molar-refractivity contribution in [1.82, 2.24) is 5.32 Å². The van der Waals surface area contributed by atoms with E-state index in [2.05, 4.69) is 5.32 Å². The normalized spacial score (nSPS) is 11.7. The molecule has 0 saturated heterocycles. The lowest BCUT2D eigenvalue weighted by molar-refractivity contribution is -0.148. The number of Topliss-reactive ketones (excluding diaryl/α,β-unsaturated/α-hetero) is 1. The van der Waals surface area contributed by atoms with E-state index >= 15 is 0 Å². The van der Waals surface area contributed by atoms with Crippen LogP contribution in [0.25, 0.3) is 0 Å². The SMILES string of the molecule is Cc1cc(C(=O)CCC(=O)OCC(=O)NC(C)c2ccc(Cl)cc2)c(C)s1. The number of ether oxygens (including phenoxy) is 1. The maximum Gasteiger partial charge on any atom is 0.306 e. The number of carbonyl (C=O) groups is 3. The summed E-state index contributed by atoms with van der Waals surface area (Å²) in [5.74, 6) is -1.06. The Kier molecular flexibility index (Phi) is 7.56. The van der Waals surface area contributed by atoms with Gasteiger partial charge in [-0.15, -0.1) is 11.3 Å². The van der Waals surface area contributed by atoms with Gasteiger partial charge in [0.25, 0.3) is 5.91 Å². The largest absolute Gasteiger partial charge is 0.456 e. The van der Waals surface area contributed by atoms with Gasteiger partial charge in [-0.3, -0.25) is 14.4 Å². The molecule has 0 radical (unpaired) electrons. The maximum atomic E-state index is 12.2. The summed E-state index contributed by atoms with van der Waals surface area (Å²) < 4.78 is 4.96. The van der Waals surface area contributed by atoms with Crippen molar-refractivity contribution in [2.24, 2.45) is 0 Å². The van der Waals surface area contributed by atoms with Gasteiger partial charge in [0.15, 0.2) is 12.4 Å². The van der Waals surface area contributed by atoms with Gasteiger partial charge in [0.2, 0.25) is 0 Å². The van der Waals surface area contributed by atoms with E-state index in [1.807, 2.05) is 39.0 Å². The van der Waals surface area contributed by atoms with Crippen molar-refractivity contribution in [2.75, 3.05) is 6.61 Å². The fraction of sp³-hybridized carbons (Fsp3) is 0.350. The molecule has 0 spiro atoms. The molecule has 5 nitrogen and oxygen atoms in total. The molecule has 27 heavy (non-hydrogen) atoms. The number of hydrogen-bond acceptors (Lipinski definition) is 5. The Bertz CT molecular complexity index is 829. The second-order valence-corrected chi connectivity index (χ2v) is 8.15. The standard InChI is InChI=1S/C20H22ClNO4S/c1-12-10-17(14(3)27-12)18(23)8-9-20(25)26-11-19(24)22-13(2)15-4-6-16(21)7-5-15/h4-7,10,13H,8-9,11H2,1-3H3,(H,22,24). The first kappa shape index (κ1) is 21.1. The molecule has 144 valence electrons. The molecule has 0 aliphatic carbocycles. The van der Waals surface area contributed by atoms with Crippen molar-refractivity contribution in [1.29, 1.82) is 0 Å². The number of benzene rings is 1. The van der Waals surface area contributed by atoms with E-state index in [1.165, 1.54) is 0 Å². The predicted molar refractivity (Wildman–Crippen MR) is 106 cm³/mol. The summed E-state index contributed by atoms with van der Waals surface area (Å²) >= 11 is 7.39.